The number of rotatable bonds is 4. The number of nitrogens with zero attached hydrogens (tertiary/aromatic N) is 1. The van der Waals surface area contributed by atoms with Gasteiger partial charge < -0.3 is 18.9 Å². The maximum absolute atomic E-state index is 12.7. The molecule has 0 aromatic heterocycles. The van der Waals surface area contributed by atoms with Gasteiger partial charge >= 0.3 is 0 Å². The third-order valence-corrected chi connectivity index (χ3v) is 5.67. The summed E-state index contributed by atoms with van der Waals surface area (Å²) >= 11 is 6.68. The summed E-state index contributed by atoms with van der Waals surface area (Å²) in [5.74, 6) is 1.81. The molecule has 0 saturated carbocycles. The van der Waals surface area contributed by atoms with Gasteiger partial charge in [0.25, 0.3) is 5.91 Å². The molecule has 0 aliphatic carbocycles. The van der Waals surface area contributed by atoms with E-state index in [1.54, 1.807) is 24.2 Å². The number of methoxy groups -OCH3 is 1. The zero-order chi connectivity index (χ0) is 17.4. The molecule has 2 saturated heterocycles. The molecule has 0 radical (unpaired) electrons. The second kappa shape index (κ2) is 6.86. The van der Waals surface area contributed by atoms with E-state index in [9.17, 15) is 4.79 Å². The molecule has 0 bridgehead atoms. The predicted octanol–water partition coefficient (Wildman–Crippen LogP) is 2.80. The van der Waals surface area contributed by atoms with Crippen LogP contribution in [0.1, 0.15) is 18.4 Å². The Labute approximate surface area is 155 Å². The summed E-state index contributed by atoms with van der Waals surface area (Å²) in [6.07, 6.45) is 3.85. The van der Waals surface area contributed by atoms with Crippen molar-refractivity contribution in [2.24, 2.45) is 0 Å². The van der Waals surface area contributed by atoms with Crippen molar-refractivity contribution < 1.29 is 23.7 Å². The molecular formula is C17H17NO5S2. The number of ether oxygens (including phenoxy) is 4. The van der Waals surface area contributed by atoms with Crippen molar-refractivity contribution in [2.45, 2.75) is 18.9 Å². The molecule has 3 aliphatic heterocycles. The van der Waals surface area contributed by atoms with Crippen LogP contribution in [-0.2, 0) is 9.53 Å². The van der Waals surface area contributed by atoms with Crippen molar-refractivity contribution in [3.63, 3.8) is 0 Å². The largest absolute Gasteiger partial charge is 0.496 e. The minimum atomic E-state index is -0.0924. The summed E-state index contributed by atoms with van der Waals surface area (Å²) in [6, 6.07) is 3.58. The third-order valence-electron chi connectivity index (χ3n) is 4.30. The average molecular weight is 379 g/mol. The second-order valence-corrected chi connectivity index (χ2v) is 7.55. The number of fused-ring (bicyclic) bond motifs is 1. The van der Waals surface area contributed by atoms with E-state index in [0.717, 1.165) is 25.0 Å². The molecule has 2 fully saturated rings. The second-order valence-electron chi connectivity index (χ2n) is 5.87. The normalized spacial score (nSPS) is 23.8. The van der Waals surface area contributed by atoms with Gasteiger partial charge in [0.2, 0.25) is 6.79 Å². The first-order valence-electron chi connectivity index (χ1n) is 8.00. The number of thioether (sulfide) groups is 1. The van der Waals surface area contributed by atoms with Gasteiger partial charge in [0.1, 0.15) is 10.1 Å². The van der Waals surface area contributed by atoms with E-state index >= 15 is 0 Å². The first kappa shape index (κ1) is 16.7. The number of benzene rings is 1. The molecule has 1 atom stereocenters. The Morgan fingerprint density at radius 3 is 2.92 bits per heavy atom. The van der Waals surface area contributed by atoms with E-state index in [1.807, 2.05) is 6.07 Å². The molecule has 1 amide bonds. The summed E-state index contributed by atoms with van der Waals surface area (Å²) < 4.78 is 22.4. The van der Waals surface area contributed by atoms with Crippen molar-refractivity contribution in [3.8, 4) is 17.2 Å². The van der Waals surface area contributed by atoms with E-state index in [0.29, 0.717) is 33.0 Å². The molecule has 1 aromatic carbocycles. The van der Waals surface area contributed by atoms with E-state index in [2.05, 4.69) is 0 Å². The Hall–Kier alpha value is -1.77. The van der Waals surface area contributed by atoms with Crippen LogP contribution in [0.15, 0.2) is 17.0 Å². The minimum Gasteiger partial charge on any atom is -0.496 e. The molecule has 8 heteroatoms. The first-order valence-corrected chi connectivity index (χ1v) is 9.23. The summed E-state index contributed by atoms with van der Waals surface area (Å²) in [6.45, 7) is 1.45. The van der Waals surface area contributed by atoms with Crippen molar-refractivity contribution in [1.29, 1.82) is 0 Å². The number of carbonyl (C=O) groups is 1. The van der Waals surface area contributed by atoms with E-state index in [-0.39, 0.29) is 18.8 Å². The lowest BCUT2D eigenvalue weighted by molar-refractivity contribution is -0.123. The summed E-state index contributed by atoms with van der Waals surface area (Å²) in [5.41, 5.74) is 0.754. The molecule has 6 nitrogen and oxygen atoms in total. The van der Waals surface area contributed by atoms with Gasteiger partial charge in [0.15, 0.2) is 11.5 Å². The highest BCUT2D eigenvalue weighted by Crippen LogP contribution is 2.41. The van der Waals surface area contributed by atoms with E-state index in [1.165, 1.54) is 11.8 Å². The molecule has 1 aromatic rings. The number of thiocarbonyl (C=S) groups is 1. The Morgan fingerprint density at radius 1 is 1.40 bits per heavy atom. The molecule has 132 valence electrons. The molecule has 4 rings (SSSR count). The van der Waals surface area contributed by atoms with Gasteiger partial charge in [-0.1, -0.05) is 24.0 Å². The standard InChI is InChI=1S/C17H17NO5S2/c1-20-12-7-14-13(22-9-23-14)5-10(12)6-15-16(19)18(17(24)25-15)8-11-3-2-4-21-11/h5-7,11H,2-4,8-9H2,1H3/b15-6-/t11-/m1/s1. The Morgan fingerprint density at radius 2 is 2.20 bits per heavy atom. The number of hydrogen-bond donors (Lipinski definition) is 0. The van der Waals surface area contributed by atoms with Crippen LogP contribution >= 0.6 is 24.0 Å². The minimum absolute atomic E-state index is 0.0712. The fourth-order valence-corrected chi connectivity index (χ4v) is 4.29. The van der Waals surface area contributed by atoms with Gasteiger partial charge in [-0.3, -0.25) is 9.69 Å². The predicted molar refractivity (Wildman–Crippen MR) is 98.0 cm³/mol. The lowest BCUT2D eigenvalue weighted by atomic mass is 10.1. The smallest absolute Gasteiger partial charge is 0.266 e. The molecule has 0 unspecified atom stereocenters. The Bertz CT molecular complexity index is 758. The summed E-state index contributed by atoms with van der Waals surface area (Å²) in [4.78, 5) is 14.9. The lowest BCUT2D eigenvalue weighted by Crippen LogP contribution is -2.35. The van der Waals surface area contributed by atoms with Gasteiger partial charge in [-0.25, -0.2) is 0 Å². The average Bonchev–Trinajstić information content (AvgIpc) is 3.32. The van der Waals surface area contributed by atoms with Crippen LogP contribution in [0.25, 0.3) is 6.08 Å². The van der Waals surface area contributed by atoms with Crippen molar-refractivity contribution >= 4 is 40.3 Å². The van der Waals surface area contributed by atoms with E-state index in [4.69, 9.17) is 31.2 Å². The van der Waals surface area contributed by atoms with Gasteiger partial charge in [-0.2, -0.15) is 0 Å². The molecule has 0 N–H and O–H groups in total. The molecule has 3 heterocycles. The molecule has 25 heavy (non-hydrogen) atoms. The van der Waals surface area contributed by atoms with Gasteiger partial charge in [0.05, 0.1) is 24.7 Å². The van der Waals surface area contributed by atoms with Crippen LogP contribution in [0, 0.1) is 0 Å². The van der Waals surface area contributed by atoms with Crippen LogP contribution in [0.3, 0.4) is 0 Å². The fraction of sp³-hybridized carbons (Fsp3) is 0.412. The van der Waals surface area contributed by atoms with Gasteiger partial charge in [-0.15, -0.1) is 0 Å². The maximum Gasteiger partial charge on any atom is 0.266 e. The Kier molecular flexibility index (Phi) is 4.58. The first-order chi connectivity index (χ1) is 12.2. The van der Waals surface area contributed by atoms with Crippen molar-refractivity contribution in [1.82, 2.24) is 4.90 Å². The number of hydrogen-bond acceptors (Lipinski definition) is 7. The number of carbonyl (C=O) groups excluding carboxylic acids is 1. The third kappa shape index (κ3) is 3.21. The monoisotopic (exact) mass is 379 g/mol. The highest BCUT2D eigenvalue weighted by molar-refractivity contribution is 8.26. The van der Waals surface area contributed by atoms with Crippen molar-refractivity contribution in [2.75, 3.05) is 27.1 Å². The van der Waals surface area contributed by atoms with Crippen LogP contribution in [0.2, 0.25) is 0 Å². The highest BCUT2D eigenvalue weighted by atomic mass is 32.2. The van der Waals surface area contributed by atoms with Gasteiger partial charge in [-0.05, 0) is 25.0 Å². The molecule has 0 spiro atoms. The molecular weight excluding hydrogens is 362 g/mol. The number of amides is 1. The fourth-order valence-electron chi connectivity index (χ4n) is 3.02. The van der Waals surface area contributed by atoms with E-state index < -0.39 is 0 Å². The van der Waals surface area contributed by atoms with Crippen LogP contribution < -0.4 is 14.2 Å². The SMILES string of the molecule is COc1cc2c(cc1/C=C1\SC(=S)N(C[C@H]3CCCO3)C1=O)OCO2. The quantitative estimate of drug-likeness (QED) is 0.589. The zero-order valence-corrected chi connectivity index (χ0v) is 15.3. The Balaban J connectivity index is 1.59. The van der Waals surface area contributed by atoms with Crippen LogP contribution in [0.5, 0.6) is 17.2 Å². The zero-order valence-electron chi connectivity index (χ0n) is 13.6. The summed E-state index contributed by atoms with van der Waals surface area (Å²) in [5, 5.41) is 0. The van der Waals surface area contributed by atoms with Crippen LogP contribution in [0.4, 0.5) is 0 Å². The van der Waals surface area contributed by atoms with Crippen LogP contribution in [-0.4, -0.2) is 48.3 Å². The highest BCUT2D eigenvalue weighted by Gasteiger charge is 2.35. The van der Waals surface area contributed by atoms with Gasteiger partial charge in [0, 0.05) is 18.2 Å². The maximum atomic E-state index is 12.7. The molecule has 3 aliphatic rings. The lowest BCUT2D eigenvalue weighted by Gasteiger charge is -2.18. The topological polar surface area (TPSA) is 57.2 Å². The summed E-state index contributed by atoms with van der Waals surface area (Å²) in [7, 11) is 1.58. The van der Waals surface area contributed by atoms with Crippen molar-refractivity contribution in [3.05, 3.63) is 22.6 Å².